The normalized spacial score (nSPS) is 16.5. The smallest absolute Gasteiger partial charge is 0.251 e. The molecule has 1 aliphatic heterocycles. The number of carbonyl (C=O) groups excluding carboxylic acids is 1. The van der Waals surface area contributed by atoms with E-state index < -0.39 is 0 Å². The summed E-state index contributed by atoms with van der Waals surface area (Å²) in [6.07, 6.45) is 1.86. The number of amides is 1. The fourth-order valence-electron chi connectivity index (χ4n) is 2.39. The molecule has 0 saturated carbocycles. The zero-order valence-electron chi connectivity index (χ0n) is 12.7. The van der Waals surface area contributed by atoms with Crippen LogP contribution in [0.3, 0.4) is 0 Å². The van der Waals surface area contributed by atoms with E-state index in [4.69, 9.17) is 9.47 Å². The summed E-state index contributed by atoms with van der Waals surface area (Å²) < 4.78 is 10.4. The highest BCUT2D eigenvalue weighted by atomic mass is 35.5. The van der Waals surface area contributed by atoms with Crippen molar-refractivity contribution in [2.75, 3.05) is 27.3 Å². The highest BCUT2D eigenvalue weighted by molar-refractivity contribution is 5.95. The van der Waals surface area contributed by atoms with Crippen molar-refractivity contribution < 1.29 is 14.3 Å². The van der Waals surface area contributed by atoms with Gasteiger partial charge in [-0.05, 0) is 45.0 Å². The Labute approximate surface area is 131 Å². The Bertz CT molecular complexity index is 466. The van der Waals surface area contributed by atoms with Gasteiger partial charge in [-0.2, -0.15) is 0 Å². The molecule has 0 aromatic heterocycles. The number of rotatable bonds is 4. The van der Waals surface area contributed by atoms with Crippen LogP contribution in [-0.2, 0) is 0 Å². The third-order valence-corrected chi connectivity index (χ3v) is 3.74. The van der Waals surface area contributed by atoms with Crippen LogP contribution < -0.4 is 20.1 Å². The molecule has 0 unspecified atom stereocenters. The van der Waals surface area contributed by atoms with Gasteiger partial charge in [-0.15, -0.1) is 12.4 Å². The van der Waals surface area contributed by atoms with E-state index in [1.807, 2.05) is 0 Å². The van der Waals surface area contributed by atoms with Crippen molar-refractivity contribution in [2.45, 2.75) is 25.3 Å². The molecular formula is C15H23ClN2O3. The lowest BCUT2D eigenvalue weighted by Crippen LogP contribution is -2.52. The first-order valence-electron chi connectivity index (χ1n) is 6.83. The van der Waals surface area contributed by atoms with Crippen LogP contribution in [0.25, 0.3) is 0 Å². The Morgan fingerprint density at radius 3 is 2.14 bits per heavy atom. The number of hydrogen-bond donors (Lipinski definition) is 2. The van der Waals surface area contributed by atoms with Crippen LogP contribution in [0.5, 0.6) is 11.5 Å². The molecule has 5 nitrogen and oxygen atoms in total. The number of nitrogens with one attached hydrogen (secondary N) is 2. The molecule has 1 saturated heterocycles. The van der Waals surface area contributed by atoms with Gasteiger partial charge in [0, 0.05) is 17.2 Å². The molecular weight excluding hydrogens is 292 g/mol. The van der Waals surface area contributed by atoms with E-state index >= 15 is 0 Å². The monoisotopic (exact) mass is 314 g/mol. The lowest BCUT2D eigenvalue weighted by Gasteiger charge is -2.35. The van der Waals surface area contributed by atoms with Gasteiger partial charge >= 0.3 is 0 Å². The van der Waals surface area contributed by atoms with Crippen molar-refractivity contribution >= 4 is 18.3 Å². The predicted molar refractivity (Wildman–Crippen MR) is 84.8 cm³/mol. The second kappa shape index (κ2) is 7.52. The SMILES string of the molecule is COc1cc(OC)cc(C(=O)NC2(C)CCNCC2)c1.Cl. The van der Waals surface area contributed by atoms with Crippen LogP contribution in [-0.4, -0.2) is 38.8 Å². The summed E-state index contributed by atoms with van der Waals surface area (Å²) in [4.78, 5) is 12.4. The molecule has 2 rings (SSSR count). The van der Waals surface area contributed by atoms with E-state index in [1.54, 1.807) is 32.4 Å². The largest absolute Gasteiger partial charge is 0.497 e. The summed E-state index contributed by atoms with van der Waals surface area (Å²) in [6.45, 7) is 3.94. The van der Waals surface area contributed by atoms with Crippen LogP contribution in [0.2, 0.25) is 0 Å². The number of ether oxygens (including phenoxy) is 2. The fourth-order valence-corrected chi connectivity index (χ4v) is 2.39. The number of methoxy groups -OCH3 is 2. The topological polar surface area (TPSA) is 59.6 Å². The minimum Gasteiger partial charge on any atom is -0.497 e. The first kappa shape index (κ1) is 17.6. The number of halogens is 1. The average molecular weight is 315 g/mol. The molecule has 0 atom stereocenters. The standard InChI is InChI=1S/C15H22N2O3.ClH/c1-15(4-6-16-7-5-15)17-14(18)11-8-12(19-2)10-13(9-11)20-3;/h8-10,16H,4-7H2,1-3H3,(H,17,18);1H. The van der Waals surface area contributed by atoms with Gasteiger partial charge in [-0.3, -0.25) is 4.79 Å². The second-order valence-corrected chi connectivity index (χ2v) is 5.37. The maximum Gasteiger partial charge on any atom is 0.251 e. The highest BCUT2D eigenvalue weighted by Gasteiger charge is 2.28. The first-order chi connectivity index (χ1) is 9.56. The lowest BCUT2D eigenvalue weighted by atomic mass is 9.90. The van der Waals surface area contributed by atoms with E-state index in [9.17, 15) is 4.79 Å². The summed E-state index contributed by atoms with van der Waals surface area (Å²) in [5.41, 5.74) is 0.402. The zero-order chi connectivity index (χ0) is 14.6. The molecule has 1 heterocycles. The van der Waals surface area contributed by atoms with Gasteiger partial charge in [0.25, 0.3) is 5.91 Å². The van der Waals surface area contributed by atoms with E-state index in [1.165, 1.54) is 0 Å². The Morgan fingerprint density at radius 1 is 1.14 bits per heavy atom. The van der Waals surface area contributed by atoms with Gasteiger partial charge in [0.2, 0.25) is 0 Å². The molecule has 1 fully saturated rings. The Kier molecular flexibility index (Phi) is 6.30. The summed E-state index contributed by atoms with van der Waals surface area (Å²) in [5, 5.41) is 6.42. The second-order valence-electron chi connectivity index (χ2n) is 5.37. The molecule has 1 aromatic rings. The van der Waals surface area contributed by atoms with Crippen LogP contribution in [0.1, 0.15) is 30.1 Å². The van der Waals surface area contributed by atoms with Crippen molar-refractivity contribution in [2.24, 2.45) is 0 Å². The summed E-state index contributed by atoms with van der Waals surface area (Å²) in [6, 6.07) is 5.20. The zero-order valence-corrected chi connectivity index (χ0v) is 13.5. The molecule has 1 aromatic carbocycles. The van der Waals surface area contributed by atoms with E-state index in [0.29, 0.717) is 17.1 Å². The van der Waals surface area contributed by atoms with Crippen LogP contribution >= 0.6 is 12.4 Å². The summed E-state index contributed by atoms with van der Waals surface area (Å²) in [5.74, 6) is 1.14. The molecule has 0 spiro atoms. The third kappa shape index (κ3) is 4.51. The number of benzene rings is 1. The number of piperidine rings is 1. The third-order valence-electron chi connectivity index (χ3n) is 3.74. The lowest BCUT2D eigenvalue weighted by molar-refractivity contribution is 0.0887. The van der Waals surface area contributed by atoms with E-state index in [-0.39, 0.29) is 23.9 Å². The predicted octanol–water partition coefficient (Wildman–Crippen LogP) is 2.00. The minimum absolute atomic E-state index is 0. The molecule has 6 heteroatoms. The van der Waals surface area contributed by atoms with Gasteiger partial charge in [0.15, 0.2) is 0 Å². The Balaban J connectivity index is 0.00000220. The van der Waals surface area contributed by atoms with Crippen LogP contribution in [0.4, 0.5) is 0 Å². The van der Waals surface area contributed by atoms with E-state index in [0.717, 1.165) is 25.9 Å². The summed E-state index contributed by atoms with van der Waals surface area (Å²) in [7, 11) is 3.15. The Hall–Kier alpha value is -1.46. The Morgan fingerprint density at radius 2 is 1.67 bits per heavy atom. The number of hydrogen-bond acceptors (Lipinski definition) is 4. The van der Waals surface area contributed by atoms with Crippen LogP contribution in [0.15, 0.2) is 18.2 Å². The first-order valence-corrected chi connectivity index (χ1v) is 6.83. The fraction of sp³-hybridized carbons (Fsp3) is 0.533. The van der Waals surface area contributed by atoms with Gasteiger partial charge in [0.05, 0.1) is 14.2 Å². The van der Waals surface area contributed by atoms with Gasteiger partial charge in [0.1, 0.15) is 11.5 Å². The molecule has 0 aliphatic carbocycles. The number of carbonyl (C=O) groups is 1. The maximum atomic E-state index is 12.4. The highest BCUT2D eigenvalue weighted by Crippen LogP contribution is 2.24. The minimum atomic E-state index is -0.154. The van der Waals surface area contributed by atoms with Gasteiger partial charge < -0.3 is 20.1 Å². The summed E-state index contributed by atoms with van der Waals surface area (Å²) >= 11 is 0. The van der Waals surface area contributed by atoms with Crippen molar-refractivity contribution in [3.63, 3.8) is 0 Å². The average Bonchev–Trinajstić information content (AvgIpc) is 2.46. The van der Waals surface area contributed by atoms with E-state index in [2.05, 4.69) is 17.6 Å². The van der Waals surface area contributed by atoms with Gasteiger partial charge in [-0.1, -0.05) is 0 Å². The molecule has 2 N–H and O–H groups in total. The van der Waals surface area contributed by atoms with Crippen molar-refractivity contribution in [3.05, 3.63) is 23.8 Å². The molecule has 0 radical (unpaired) electrons. The maximum absolute atomic E-state index is 12.4. The van der Waals surface area contributed by atoms with Crippen molar-refractivity contribution in [1.29, 1.82) is 0 Å². The molecule has 21 heavy (non-hydrogen) atoms. The quantitative estimate of drug-likeness (QED) is 0.892. The molecule has 1 aliphatic rings. The molecule has 118 valence electrons. The van der Waals surface area contributed by atoms with Crippen molar-refractivity contribution in [1.82, 2.24) is 10.6 Å². The van der Waals surface area contributed by atoms with Crippen LogP contribution in [0, 0.1) is 0 Å². The molecule has 0 bridgehead atoms. The molecule has 1 amide bonds. The van der Waals surface area contributed by atoms with Crippen molar-refractivity contribution in [3.8, 4) is 11.5 Å². The van der Waals surface area contributed by atoms with Gasteiger partial charge in [-0.25, -0.2) is 0 Å².